The van der Waals surface area contributed by atoms with E-state index in [9.17, 15) is 0 Å². The monoisotopic (exact) mass is 717 g/mol. The predicted molar refractivity (Wildman–Crippen MR) is 232 cm³/mol. The quantitative estimate of drug-likeness (QED) is 0.178. The maximum Gasteiger partial charge on any atom is 0.165 e. The predicted octanol–water partition coefficient (Wildman–Crippen LogP) is 14.0. The number of rotatable bonds is 5. The largest absolute Gasteiger partial charge is 0.208 e. The smallest absolute Gasteiger partial charge is 0.165 e. The first-order chi connectivity index (χ1) is 27.2. The van der Waals surface area contributed by atoms with E-state index in [4.69, 9.17) is 15.0 Å². The summed E-state index contributed by atoms with van der Waals surface area (Å²) in [6.07, 6.45) is 0. The zero-order valence-electron chi connectivity index (χ0n) is 29.6. The van der Waals surface area contributed by atoms with Crippen molar-refractivity contribution in [3.8, 4) is 56.4 Å². The van der Waals surface area contributed by atoms with Crippen LogP contribution in [0.2, 0.25) is 0 Å². The molecule has 0 atom stereocenters. The number of aromatic nitrogens is 3. The zero-order valence-corrected chi connectivity index (χ0v) is 30.5. The molecule has 0 radical (unpaired) electrons. The van der Waals surface area contributed by atoms with Crippen LogP contribution in [0, 0.1) is 0 Å². The molecule has 0 unspecified atom stereocenters. The first-order valence-electron chi connectivity index (χ1n) is 18.5. The van der Waals surface area contributed by atoms with Crippen LogP contribution in [0.1, 0.15) is 0 Å². The van der Waals surface area contributed by atoms with Gasteiger partial charge in [0.15, 0.2) is 17.5 Å². The number of fused-ring (bicyclic) bond motifs is 6. The molecule has 0 spiro atoms. The average Bonchev–Trinajstić information content (AvgIpc) is 3.64. The average molecular weight is 718 g/mol. The highest BCUT2D eigenvalue weighted by atomic mass is 32.1. The van der Waals surface area contributed by atoms with Crippen molar-refractivity contribution in [2.75, 3.05) is 0 Å². The first kappa shape index (κ1) is 31.5. The van der Waals surface area contributed by atoms with Gasteiger partial charge in [0.1, 0.15) is 0 Å². The van der Waals surface area contributed by atoms with Crippen LogP contribution >= 0.6 is 11.3 Å². The molecular formula is C51H31N3S. The Balaban J connectivity index is 1.18. The first-order valence-corrected chi connectivity index (χ1v) is 19.3. The fraction of sp³-hybridized carbons (Fsp3) is 0. The number of benzene rings is 9. The van der Waals surface area contributed by atoms with E-state index in [1.54, 1.807) is 0 Å². The Kier molecular flexibility index (Phi) is 7.35. The molecule has 0 bridgehead atoms. The number of nitrogens with zero attached hydrogens (tertiary/aromatic N) is 3. The second-order valence-electron chi connectivity index (χ2n) is 14.0. The highest BCUT2D eigenvalue weighted by molar-refractivity contribution is 7.26. The molecule has 3 nitrogen and oxygen atoms in total. The molecule has 256 valence electrons. The second kappa shape index (κ2) is 12.8. The standard InChI is InChI=1S/C51H31N3S/c1-4-13-35-28-39(23-20-32(35)10-1)38-16-9-17-40(29-38)43-26-27-46-47(44-18-7-8-19-45(44)55-46)48(43)51-53-49(41-24-21-33-11-2-5-14-36(33)30-41)52-50(54-51)42-25-22-34-12-3-6-15-37(34)31-42/h1-31H. The lowest BCUT2D eigenvalue weighted by Crippen LogP contribution is -2.01. The minimum absolute atomic E-state index is 0.645. The fourth-order valence-electron chi connectivity index (χ4n) is 7.93. The molecule has 4 heteroatoms. The van der Waals surface area contributed by atoms with Gasteiger partial charge in [-0.25, -0.2) is 15.0 Å². The maximum atomic E-state index is 5.39. The van der Waals surface area contributed by atoms with Gasteiger partial charge in [-0.2, -0.15) is 0 Å². The Labute approximate surface area is 321 Å². The molecule has 0 saturated carbocycles. The Morgan fingerprint density at radius 2 is 0.800 bits per heavy atom. The molecule has 55 heavy (non-hydrogen) atoms. The lowest BCUT2D eigenvalue weighted by atomic mass is 9.92. The van der Waals surface area contributed by atoms with Gasteiger partial charge in [-0.05, 0) is 91.0 Å². The molecule has 11 rings (SSSR count). The summed E-state index contributed by atoms with van der Waals surface area (Å²) >= 11 is 1.81. The third kappa shape index (κ3) is 5.54. The van der Waals surface area contributed by atoms with Crippen molar-refractivity contribution in [1.82, 2.24) is 15.0 Å². The molecule has 0 aliphatic carbocycles. The third-order valence-corrected chi connectivity index (χ3v) is 11.8. The summed E-state index contributed by atoms with van der Waals surface area (Å²) in [5.74, 6) is 1.94. The molecule has 0 aliphatic rings. The summed E-state index contributed by atoms with van der Waals surface area (Å²) in [5.41, 5.74) is 7.45. The molecular weight excluding hydrogens is 687 g/mol. The van der Waals surface area contributed by atoms with Crippen LogP contribution < -0.4 is 0 Å². The van der Waals surface area contributed by atoms with E-state index in [2.05, 4.69) is 188 Å². The Hall–Kier alpha value is -7.01. The van der Waals surface area contributed by atoms with Crippen LogP contribution in [0.25, 0.3) is 109 Å². The van der Waals surface area contributed by atoms with Crippen molar-refractivity contribution in [2.45, 2.75) is 0 Å². The van der Waals surface area contributed by atoms with E-state index in [1.807, 2.05) is 11.3 Å². The van der Waals surface area contributed by atoms with Crippen LogP contribution in [0.15, 0.2) is 188 Å². The van der Waals surface area contributed by atoms with Crippen molar-refractivity contribution in [1.29, 1.82) is 0 Å². The van der Waals surface area contributed by atoms with Gasteiger partial charge in [0.25, 0.3) is 0 Å². The number of thiophene rings is 1. The summed E-state index contributed by atoms with van der Waals surface area (Å²) in [5, 5.41) is 9.47. The van der Waals surface area contributed by atoms with Gasteiger partial charge in [0.2, 0.25) is 0 Å². The minimum Gasteiger partial charge on any atom is -0.208 e. The van der Waals surface area contributed by atoms with E-state index in [0.717, 1.165) is 49.5 Å². The van der Waals surface area contributed by atoms with Crippen LogP contribution in [-0.4, -0.2) is 15.0 Å². The SMILES string of the molecule is c1cc(-c2ccc3ccccc3c2)cc(-c2ccc3sc4ccccc4c3c2-c2nc(-c3ccc4ccccc4c3)nc(-c3ccc4ccccc4c3)n2)c1. The van der Waals surface area contributed by atoms with E-state index < -0.39 is 0 Å². The van der Waals surface area contributed by atoms with Crippen LogP contribution in [0.5, 0.6) is 0 Å². The van der Waals surface area contributed by atoms with E-state index in [0.29, 0.717) is 17.5 Å². The zero-order chi connectivity index (χ0) is 36.3. The van der Waals surface area contributed by atoms with E-state index in [-0.39, 0.29) is 0 Å². The Morgan fingerprint density at radius 3 is 1.44 bits per heavy atom. The Morgan fingerprint density at radius 1 is 0.309 bits per heavy atom. The highest BCUT2D eigenvalue weighted by Crippen LogP contribution is 2.45. The fourth-order valence-corrected chi connectivity index (χ4v) is 9.04. The van der Waals surface area contributed by atoms with Crippen LogP contribution in [0.3, 0.4) is 0 Å². The summed E-state index contributed by atoms with van der Waals surface area (Å²) in [6, 6.07) is 67.1. The van der Waals surface area contributed by atoms with Gasteiger partial charge < -0.3 is 0 Å². The van der Waals surface area contributed by atoms with Crippen LogP contribution in [-0.2, 0) is 0 Å². The lowest BCUT2D eigenvalue weighted by Gasteiger charge is -2.15. The molecule has 0 fully saturated rings. The topological polar surface area (TPSA) is 38.7 Å². The molecule has 2 aromatic heterocycles. The van der Waals surface area contributed by atoms with Crippen LogP contribution in [0.4, 0.5) is 0 Å². The molecule has 9 aromatic carbocycles. The summed E-state index contributed by atoms with van der Waals surface area (Å²) in [6.45, 7) is 0. The maximum absolute atomic E-state index is 5.39. The van der Waals surface area contributed by atoms with E-state index in [1.165, 1.54) is 41.9 Å². The van der Waals surface area contributed by atoms with Crippen molar-refractivity contribution < 1.29 is 0 Å². The molecule has 11 aromatic rings. The number of hydrogen-bond donors (Lipinski definition) is 0. The lowest BCUT2D eigenvalue weighted by molar-refractivity contribution is 1.08. The van der Waals surface area contributed by atoms with Crippen molar-refractivity contribution >= 4 is 63.8 Å². The van der Waals surface area contributed by atoms with Gasteiger partial charge in [-0.3, -0.25) is 0 Å². The summed E-state index contributed by atoms with van der Waals surface area (Å²) < 4.78 is 2.44. The Bertz CT molecular complexity index is 3190. The van der Waals surface area contributed by atoms with Gasteiger partial charge in [-0.15, -0.1) is 11.3 Å². The molecule has 0 amide bonds. The second-order valence-corrected chi connectivity index (χ2v) is 15.1. The van der Waals surface area contributed by atoms with Gasteiger partial charge in [0, 0.05) is 36.9 Å². The van der Waals surface area contributed by atoms with Gasteiger partial charge >= 0.3 is 0 Å². The number of hydrogen-bond acceptors (Lipinski definition) is 4. The minimum atomic E-state index is 0.645. The molecule has 0 saturated heterocycles. The van der Waals surface area contributed by atoms with Crippen molar-refractivity contribution in [2.24, 2.45) is 0 Å². The third-order valence-electron chi connectivity index (χ3n) is 10.7. The van der Waals surface area contributed by atoms with Gasteiger partial charge in [-0.1, -0.05) is 152 Å². The normalized spacial score (nSPS) is 11.6. The highest BCUT2D eigenvalue weighted by Gasteiger charge is 2.22. The molecule has 0 aliphatic heterocycles. The summed E-state index contributed by atoms with van der Waals surface area (Å²) in [4.78, 5) is 16.0. The summed E-state index contributed by atoms with van der Waals surface area (Å²) in [7, 11) is 0. The molecule has 2 heterocycles. The van der Waals surface area contributed by atoms with Gasteiger partial charge in [0.05, 0.1) is 0 Å². The van der Waals surface area contributed by atoms with Crippen molar-refractivity contribution in [3.63, 3.8) is 0 Å². The molecule has 0 N–H and O–H groups in total. The van der Waals surface area contributed by atoms with E-state index >= 15 is 0 Å². The van der Waals surface area contributed by atoms with Crippen molar-refractivity contribution in [3.05, 3.63) is 188 Å².